The number of anilines is 1. The maximum atomic E-state index is 12.1. The lowest BCUT2D eigenvalue weighted by atomic mass is 10.2. The summed E-state index contributed by atoms with van der Waals surface area (Å²) in [4.78, 5) is 20.2. The number of carbonyl (C=O) groups excluding carboxylic acids is 1. The van der Waals surface area contributed by atoms with E-state index in [0.29, 0.717) is 27.8 Å². The van der Waals surface area contributed by atoms with E-state index in [1.165, 1.54) is 0 Å². The largest absolute Gasteiger partial charge is 0.320 e. The first kappa shape index (κ1) is 12.5. The van der Waals surface area contributed by atoms with Crippen molar-refractivity contribution in [3.05, 3.63) is 52.6 Å². The lowest BCUT2D eigenvalue weighted by molar-refractivity contribution is 0.102. The average Bonchev–Trinajstić information content (AvgIpc) is 2.33. The number of nitrogens with one attached hydrogen (secondary N) is 1. The smallest absolute Gasteiger partial charge is 0.257 e. The van der Waals surface area contributed by atoms with Crippen LogP contribution in [0.5, 0.6) is 0 Å². The number of carbonyl (C=O) groups is 1. The van der Waals surface area contributed by atoms with Crippen molar-refractivity contribution in [2.45, 2.75) is 13.8 Å². The lowest BCUT2D eigenvalue weighted by Gasteiger charge is -2.09. The molecule has 0 aromatic carbocycles. The Bertz CT molecular complexity index is 599. The molecule has 0 aliphatic rings. The summed E-state index contributed by atoms with van der Waals surface area (Å²) in [7, 11) is 0. The van der Waals surface area contributed by atoms with Crippen molar-refractivity contribution in [1.29, 1.82) is 0 Å². The van der Waals surface area contributed by atoms with E-state index in [4.69, 9.17) is 11.6 Å². The monoisotopic (exact) mass is 261 g/mol. The van der Waals surface area contributed by atoms with Gasteiger partial charge in [0.15, 0.2) is 0 Å². The second-order valence-corrected chi connectivity index (χ2v) is 4.24. The van der Waals surface area contributed by atoms with Crippen molar-refractivity contribution in [3.63, 3.8) is 0 Å². The number of aromatic nitrogens is 2. The Kier molecular flexibility index (Phi) is 3.58. The van der Waals surface area contributed by atoms with Crippen molar-refractivity contribution in [1.82, 2.24) is 9.97 Å². The second-order valence-electron chi connectivity index (χ2n) is 3.86. The number of hydrogen-bond acceptors (Lipinski definition) is 3. The van der Waals surface area contributed by atoms with E-state index in [1.807, 2.05) is 0 Å². The quantitative estimate of drug-likeness (QED) is 0.846. The van der Waals surface area contributed by atoms with Crippen molar-refractivity contribution < 1.29 is 4.79 Å². The summed E-state index contributed by atoms with van der Waals surface area (Å²) < 4.78 is 0. The molecule has 2 aromatic heterocycles. The summed E-state index contributed by atoms with van der Waals surface area (Å²) in [6, 6.07) is 6.83. The van der Waals surface area contributed by atoms with Crippen LogP contribution in [0.15, 0.2) is 30.5 Å². The molecule has 0 saturated heterocycles. The molecule has 0 aliphatic carbocycles. The Balaban J connectivity index is 2.24. The third-order valence-electron chi connectivity index (χ3n) is 2.55. The van der Waals surface area contributed by atoms with Crippen molar-refractivity contribution >= 4 is 23.2 Å². The van der Waals surface area contributed by atoms with E-state index in [0.717, 1.165) is 0 Å². The third kappa shape index (κ3) is 2.65. The molecule has 2 heterocycles. The van der Waals surface area contributed by atoms with E-state index in [9.17, 15) is 4.79 Å². The van der Waals surface area contributed by atoms with Gasteiger partial charge in [-0.15, -0.1) is 0 Å². The summed E-state index contributed by atoms with van der Waals surface area (Å²) in [5, 5.41) is 3.20. The molecule has 2 rings (SSSR count). The van der Waals surface area contributed by atoms with Crippen molar-refractivity contribution in [3.8, 4) is 0 Å². The van der Waals surface area contributed by atoms with E-state index in [1.54, 1.807) is 44.3 Å². The van der Waals surface area contributed by atoms with Gasteiger partial charge in [-0.05, 0) is 38.1 Å². The summed E-state index contributed by atoms with van der Waals surface area (Å²) in [6.45, 7) is 3.58. The Hall–Kier alpha value is -1.94. The van der Waals surface area contributed by atoms with Crippen LogP contribution >= 0.6 is 11.6 Å². The van der Waals surface area contributed by atoms with Gasteiger partial charge < -0.3 is 5.32 Å². The molecule has 18 heavy (non-hydrogen) atoms. The highest BCUT2D eigenvalue weighted by Gasteiger charge is 2.11. The minimum atomic E-state index is -0.201. The minimum Gasteiger partial charge on any atom is -0.320 e. The molecular weight excluding hydrogens is 250 g/mol. The van der Waals surface area contributed by atoms with Crippen LogP contribution in [0.2, 0.25) is 5.15 Å². The van der Waals surface area contributed by atoms with Crippen molar-refractivity contribution in [2.24, 2.45) is 0 Å². The fourth-order valence-electron chi connectivity index (χ4n) is 1.58. The van der Waals surface area contributed by atoms with Crippen molar-refractivity contribution in [2.75, 3.05) is 5.32 Å². The fraction of sp³-hybridized carbons (Fsp3) is 0.154. The molecule has 0 radical (unpaired) electrons. The van der Waals surface area contributed by atoms with Gasteiger partial charge in [0.1, 0.15) is 5.15 Å². The summed E-state index contributed by atoms with van der Waals surface area (Å²) in [5.41, 5.74) is 2.56. The van der Waals surface area contributed by atoms with Crippen LogP contribution in [-0.2, 0) is 0 Å². The van der Waals surface area contributed by atoms with Gasteiger partial charge in [0, 0.05) is 11.9 Å². The third-order valence-corrected chi connectivity index (χ3v) is 2.76. The van der Waals surface area contributed by atoms with E-state index >= 15 is 0 Å². The molecule has 1 amide bonds. The SMILES string of the molecule is Cc1nc(Cl)ccc1NC(=O)c1cccnc1C. The summed E-state index contributed by atoms with van der Waals surface area (Å²) >= 11 is 5.76. The van der Waals surface area contributed by atoms with Gasteiger partial charge in [-0.1, -0.05) is 11.6 Å². The van der Waals surface area contributed by atoms with Crippen LogP contribution in [0.3, 0.4) is 0 Å². The van der Waals surface area contributed by atoms with Gasteiger partial charge in [0.05, 0.1) is 16.9 Å². The standard InChI is InChI=1S/C13H12ClN3O/c1-8-10(4-3-7-15-8)13(18)17-11-5-6-12(14)16-9(11)2/h3-7H,1-2H3,(H,17,18). The summed E-state index contributed by atoms with van der Waals surface area (Å²) in [5.74, 6) is -0.201. The Morgan fingerprint density at radius 3 is 2.67 bits per heavy atom. The molecule has 0 spiro atoms. The number of hydrogen-bond donors (Lipinski definition) is 1. The van der Waals surface area contributed by atoms with Crippen LogP contribution in [0.1, 0.15) is 21.7 Å². The molecule has 92 valence electrons. The van der Waals surface area contributed by atoms with Gasteiger partial charge in [-0.3, -0.25) is 9.78 Å². The number of pyridine rings is 2. The molecule has 2 aromatic rings. The average molecular weight is 262 g/mol. The molecular formula is C13H12ClN3O. The number of aryl methyl sites for hydroxylation is 2. The van der Waals surface area contributed by atoms with Gasteiger partial charge in [0.25, 0.3) is 5.91 Å². The minimum absolute atomic E-state index is 0.201. The zero-order valence-corrected chi connectivity index (χ0v) is 10.8. The highest BCUT2D eigenvalue weighted by molar-refractivity contribution is 6.29. The number of rotatable bonds is 2. The number of amides is 1. The lowest BCUT2D eigenvalue weighted by Crippen LogP contribution is -2.15. The van der Waals surface area contributed by atoms with Crippen LogP contribution in [0.25, 0.3) is 0 Å². The molecule has 0 bridgehead atoms. The highest BCUT2D eigenvalue weighted by atomic mass is 35.5. The maximum absolute atomic E-state index is 12.1. The predicted octanol–water partition coefficient (Wildman–Crippen LogP) is 3.00. The van der Waals surface area contributed by atoms with Gasteiger partial charge in [-0.2, -0.15) is 0 Å². The molecule has 0 saturated carbocycles. The van der Waals surface area contributed by atoms with Crippen LogP contribution < -0.4 is 5.32 Å². The molecule has 4 nitrogen and oxygen atoms in total. The van der Waals surface area contributed by atoms with Crippen LogP contribution in [0.4, 0.5) is 5.69 Å². The van der Waals surface area contributed by atoms with Crippen LogP contribution in [-0.4, -0.2) is 15.9 Å². The summed E-state index contributed by atoms with van der Waals surface area (Å²) in [6.07, 6.45) is 1.65. The predicted molar refractivity (Wildman–Crippen MR) is 70.9 cm³/mol. The van der Waals surface area contributed by atoms with E-state index in [2.05, 4.69) is 15.3 Å². The molecule has 0 atom stereocenters. The zero-order chi connectivity index (χ0) is 13.1. The maximum Gasteiger partial charge on any atom is 0.257 e. The molecule has 0 aliphatic heterocycles. The normalized spacial score (nSPS) is 10.2. The Morgan fingerprint density at radius 1 is 1.22 bits per heavy atom. The number of nitrogens with zero attached hydrogens (tertiary/aromatic N) is 2. The Labute approximate surface area is 110 Å². The fourth-order valence-corrected chi connectivity index (χ4v) is 1.77. The van der Waals surface area contributed by atoms with E-state index < -0.39 is 0 Å². The molecule has 0 unspecified atom stereocenters. The first-order chi connectivity index (χ1) is 8.58. The molecule has 0 fully saturated rings. The first-order valence-electron chi connectivity index (χ1n) is 5.44. The van der Waals surface area contributed by atoms with Gasteiger partial charge >= 0.3 is 0 Å². The molecule has 5 heteroatoms. The molecule has 1 N–H and O–H groups in total. The second kappa shape index (κ2) is 5.14. The van der Waals surface area contributed by atoms with Crippen LogP contribution in [0, 0.1) is 13.8 Å². The number of halogens is 1. The van der Waals surface area contributed by atoms with E-state index in [-0.39, 0.29) is 5.91 Å². The zero-order valence-electron chi connectivity index (χ0n) is 10.1. The first-order valence-corrected chi connectivity index (χ1v) is 5.82. The van der Waals surface area contributed by atoms with Gasteiger partial charge in [0.2, 0.25) is 0 Å². The topological polar surface area (TPSA) is 54.9 Å². The Morgan fingerprint density at radius 2 is 2.00 bits per heavy atom. The highest BCUT2D eigenvalue weighted by Crippen LogP contribution is 2.17. The van der Waals surface area contributed by atoms with Gasteiger partial charge in [-0.25, -0.2) is 4.98 Å².